The van der Waals surface area contributed by atoms with E-state index in [9.17, 15) is 23.1 Å². The summed E-state index contributed by atoms with van der Waals surface area (Å²) in [6, 6.07) is 11.2. The largest absolute Gasteiger partial charge is 0.484 e. The summed E-state index contributed by atoms with van der Waals surface area (Å²) in [5.41, 5.74) is -0.198. The molecule has 1 fully saturated rings. The van der Waals surface area contributed by atoms with Crippen LogP contribution in [0.25, 0.3) is 0 Å². The van der Waals surface area contributed by atoms with Gasteiger partial charge in [-0.15, -0.1) is 0 Å². The molecule has 1 N–H and O–H groups in total. The van der Waals surface area contributed by atoms with Gasteiger partial charge in [0.1, 0.15) is 5.75 Å². The molecule has 0 unspecified atom stereocenters. The number of aliphatic hydroxyl groups is 1. The normalized spacial score (nSPS) is 20.0. The van der Waals surface area contributed by atoms with E-state index in [-0.39, 0.29) is 25.5 Å². The quantitative estimate of drug-likeness (QED) is 0.770. The van der Waals surface area contributed by atoms with Crippen molar-refractivity contribution in [3.63, 3.8) is 0 Å². The van der Waals surface area contributed by atoms with Gasteiger partial charge in [-0.2, -0.15) is 13.2 Å². The first kappa shape index (κ1) is 19.7. The van der Waals surface area contributed by atoms with Crippen LogP contribution in [0.15, 0.2) is 53.0 Å². The highest BCUT2D eigenvalue weighted by Gasteiger charge is 2.36. The molecule has 0 bridgehead atoms. The number of β-amino-alcohol motifs (C(OH)–C–C–N with tert-alkyl or cyclic N) is 1. The molecule has 2 aromatic carbocycles. The maximum atomic E-state index is 12.7. The molecule has 1 aliphatic heterocycles. The van der Waals surface area contributed by atoms with Crippen molar-refractivity contribution in [3.8, 4) is 5.75 Å². The number of likely N-dealkylation sites (tertiary alicyclic amines) is 1. The number of carbonyl (C=O) groups is 1. The summed E-state index contributed by atoms with van der Waals surface area (Å²) >= 11 is 3.31. The van der Waals surface area contributed by atoms with Gasteiger partial charge < -0.3 is 14.7 Å². The van der Waals surface area contributed by atoms with Gasteiger partial charge in [-0.25, -0.2) is 0 Å². The molecule has 4 nitrogen and oxygen atoms in total. The fourth-order valence-electron chi connectivity index (χ4n) is 3.08. The van der Waals surface area contributed by atoms with Gasteiger partial charge in [0.2, 0.25) is 0 Å². The summed E-state index contributed by atoms with van der Waals surface area (Å²) in [5.74, 6) is 0.181. The molecule has 2 aromatic rings. The number of ether oxygens (including phenoxy) is 1. The van der Waals surface area contributed by atoms with E-state index in [1.54, 1.807) is 18.2 Å². The second-order valence-electron chi connectivity index (χ2n) is 6.32. The predicted octanol–water partition coefficient (Wildman–Crippen LogP) is 4.18. The summed E-state index contributed by atoms with van der Waals surface area (Å²) in [4.78, 5) is 14.0. The number of carbonyl (C=O) groups excluding carboxylic acids is 1. The van der Waals surface area contributed by atoms with E-state index in [1.807, 2.05) is 6.07 Å². The molecule has 1 saturated heterocycles. The lowest BCUT2D eigenvalue weighted by atomic mass is 10.0. The molecular weight excluding hydrogens is 427 g/mol. The highest BCUT2D eigenvalue weighted by atomic mass is 79.9. The van der Waals surface area contributed by atoms with Crippen molar-refractivity contribution in [2.24, 2.45) is 0 Å². The molecule has 0 saturated carbocycles. The Hall–Kier alpha value is -2.06. The third-order valence-corrected chi connectivity index (χ3v) is 4.87. The SMILES string of the molecule is O=C(COc1cccc(Br)c1)N1C[C@H](O)C[C@H]1c1ccc(C(F)(F)F)cc1. The molecule has 3 rings (SSSR count). The van der Waals surface area contributed by atoms with Crippen molar-refractivity contribution in [2.75, 3.05) is 13.2 Å². The minimum Gasteiger partial charge on any atom is -0.484 e. The predicted molar refractivity (Wildman–Crippen MR) is 96.2 cm³/mol. The van der Waals surface area contributed by atoms with Crippen LogP contribution in [0, 0.1) is 0 Å². The molecule has 1 aliphatic rings. The maximum Gasteiger partial charge on any atom is 0.416 e. The Kier molecular flexibility index (Phi) is 5.76. The van der Waals surface area contributed by atoms with Gasteiger partial charge >= 0.3 is 6.18 Å². The van der Waals surface area contributed by atoms with Gasteiger partial charge in [-0.3, -0.25) is 4.79 Å². The molecular formula is C19H17BrF3NO3. The summed E-state index contributed by atoms with van der Waals surface area (Å²) < 4.78 is 44.5. The number of alkyl halides is 3. The van der Waals surface area contributed by atoms with Gasteiger partial charge in [-0.05, 0) is 42.3 Å². The minimum atomic E-state index is -4.42. The van der Waals surface area contributed by atoms with E-state index in [4.69, 9.17) is 4.74 Å². The third-order valence-electron chi connectivity index (χ3n) is 4.38. The van der Waals surface area contributed by atoms with E-state index in [0.717, 1.165) is 16.6 Å². The summed E-state index contributed by atoms with van der Waals surface area (Å²) in [5, 5.41) is 9.96. The van der Waals surface area contributed by atoms with Crippen molar-refractivity contribution in [1.82, 2.24) is 4.90 Å². The molecule has 1 amide bonds. The number of rotatable bonds is 4. The van der Waals surface area contributed by atoms with Crippen molar-refractivity contribution >= 4 is 21.8 Å². The smallest absolute Gasteiger partial charge is 0.416 e. The number of hydrogen-bond acceptors (Lipinski definition) is 3. The third kappa shape index (κ3) is 4.81. The van der Waals surface area contributed by atoms with Crippen molar-refractivity contribution in [3.05, 3.63) is 64.1 Å². The Balaban J connectivity index is 1.70. The van der Waals surface area contributed by atoms with Crippen molar-refractivity contribution in [1.29, 1.82) is 0 Å². The van der Waals surface area contributed by atoms with Gasteiger partial charge in [0, 0.05) is 11.0 Å². The van der Waals surface area contributed by atoms with E-state index >= 15 is 0 Å². The highest BCUT2D eigenvalue weighted by Crippen LogP contribution is 2.35. The first-order chi connectivity index (χ1) is 12.7. The monoisotopic (exact) mass is 443 g/mol. The number of amides is 1. The lowest BCUT2D eigenvalue weighted by Crippen LogP contribution is -2.35. The Morgan fingerprint density at radius 3 is 2.56 bits per heavy atom. The molecule has 2 atom stereocenters. The molecule has 0 aliphatic carbocycles. The van der Waals surface area contributed by atoms with Crippen LogP contribution in [0.2, 0.25) is 0 Å². The molecule has 8 heteroatoms. The number of benzene rings is 2. The molecule has 0 spiro atoms. The van der Waals surface area contributed by atoms with Crippen LogP contribution in [0.1, 0.15) is 23.6 Å². The van der Waals surface area contributed by atoms with Crippen LogP contribution in [-0.4, -0.2) is 35.2 Å². The molecule has 27 heavy (non-hydrogen) atoms. The first-order valence-electron chi connectivity index (χ1n) is 8.27. The van der Waals surface area contributed by atoms with E-state index in [1.165, 1.54) is 17.0 Å². The first-order valence-corrected chi connectivity index (χ1v) is 9.06. The van der Waals surface area contributed by atoms with Crippen LogP contribution >= 0.6 is 15.9 Å². The van der Waals surface area contributed by atoms with Crippen LogP contribution in [0.3, 0.4) is 0 Å². The van der Waals surface area contributed by atoms with Gasteiger partial charge in [0.15, 0.2) is 6.61 Å². The summed E-state index contributed by atoms with van der Waals surface area (Å²) in [7, 11) is 0. The highest BCUT2D eigenvalue weighted by molar-refractivity contribution is 9.10. The van der Waals surface area contributed by atoms with Crippen LogP contribution in [0.5, 0.6) is 5.75 Å². The van der Waals surface area contributed by atoms with Gasteiger partial charge in [0.25, 0.3) is 5.91 Å². The van der Waals surface area contributed by atoms with E-state index in [2.05, 4.69) is 15.9 Å². The van der Waals surface area contributed by atoms with Crippen molar-refractivity contribution < 1.29 is 27.8 Å². The average molecular weight is 444 g/mol. The van der Waals surface area contributed by atoms with Gasteiger partial charge in [-0.1, -0.05) is 34.1 Å². The van der Waals surface area contributed by atoms with Crippen LogP contribution in [0.4, 0.5) is 13.2 Å². The number of nitrogens with zero attached hydrogens (tertiary/aromatic N) is 1. The van der Waals surface area contributed by atoms with E-state index < -0.39 is 23.9 Å². The number of halogens is 4. The average Bonchev–Trinajstić information content (AvgIpc) is 3.01. The summed E-state index contributed by atoms with van der Waals surface area (Å²) in [6.07, 6.45) is -4.87. The van der Waals surface area contributed by atoms with Gasteiger partial charge in [0.05, 0.1) is 17.7 Å². The van der Waals surface area contributed by atoms with Crippen LogP contribution < -0.4 is 4.74 Å². The zero-order chi connectivity index (χ0) is 19.6. The fraction of sp³-hybridized carbons (Fsp3) is 0.316. The zero-order valence-corrected chi connectivity index (χ0v) is 15.7. The molecule has 1 heterocycles. The Bertz CT molecular complexity index is 811. The minimum absolute atomic E-state index is 0.117. The molecule has 0 aromatic heterocycles. The van der Waals surface area contributed by atoms with E-state index in [0.29, 0.717) is 11.3 Å². The van der Waals surface area contributed by atoms with Crippen molar-refractivity contribution in [2.45, 2.75) is 24.7 Å². The zero-order valence-electron chi connectivity index (χ0n) is 14.1. The lowest BCUT2D eigenvalue weighted by molar-refractivity contribution is -0.138. The Morgan fingerprint density at radius 1 is 1.22 bits per heavy atom. The molecule has 144 valence electrons. The maximum absolute atomic E-state index is 12.7. The second-order valence-corrected chi connectivity index (χ2v) is 7.23. The fourth-order valence-corrected chi connectivity index (χ4v) is 3.46. The lowest BCUT2D eigenvalue weighted by Gasteiger charge is -2.25. The number of hydrogen-bond donors (Lipinski definition) is 1. The molecule has 0 radical (unpaired) electrons. The Morgan fingerprint density at radius 2 is 1.93 bits per heavy atom. The number of aliphatic hydroxyl groups excluding tert-OH is 1. The Labute approximate surface area is 162 Å². The second kappa shape index (κ2) is 7.90. The standard InChI is InChI=1S/C19H17BrF3NO3/c20-14-2-1-3-16(8-14)27-11-18(26)24-10-15(25)9-17(24)12-4-6-13(7-5-12)19(21,22)23/h1-8,15,17,25H,9-11H2/t15-,17+/m1/s1. The topological polar surface area (TPSA) is 49.8 Å². The van der Waals surface area contributed by atoms with Crippen LogP contribution in [-0.2, 0) is 11.0 Å². The summed E-state index contributed by atoms with van der Waals surface area (Å²) in [6.45, 7) is -0.104.